The minimum absolute atomic E-state index is 0.287. The molecule has 0 atom stereocenters. The molecule has 0 unspecified atom stereocenters. The maximum atomic E-state index is 10.8. The lowest BCUT2D eigenvalue weighted by molar-refractivity contribution is -0.0233. The average Bonchev–Trinajstić information content (AvgIpc) is 3.03. The van der Waals surface area contributed by atoms with Crippen LogP contribution in [0.15, 0.2) is 5.57 Å². The third-order valence-corrected chi connectivity index (χ3v) is 5.87. The molecule has 152 valence electrons. The summed E-state index contributed by atoms with van der Waals surface area (Å²) in [6, 6.07) is 2.60. The van der Waals surface area contributed by atoms with E-state index >= 15 is 0 Å². The van der Waals surface area contributed by atoms with E-state index in [1.165, 1.54) is 0 Å². The lowest BCUT2D eigenvalue weighted by atomic mass is 9.86. The van der Waals surface area contributed by atoms with Crippen molar-refractivity contribution in [3.8, 4) is 12.1 Å². The Morgan fingerprint density at radius 2 is 2.04 bits per heavy atom. The van der Waals surface area contributed by atoms with Gasteiger partial charge in [-0.05, 0) is 51.1 Å². The molecule has 0 aromatic carbocycles. The second-order valence-corrected chi connectivity index (χ2v) is 8.05. The molecule has 2 aliphatic rings. The topological polar surface area (TPSA) is 108 Å². The van der Waals surface area contributed by atoms with Crippen LogP contribution in [-0.4, -0.2) is 52.3 Å². The molecule has 1 fully saturated rings. The van der Waals surface area contributed by atoms with E-state index < -0.39 is 5.60 Å². The van der Waals surface area contributed by atoms with Crippen LogP contribution >= 0.6 is 0 Å². The largest absolute Gasteiger partial charge is 0.463 e. The first-order valence-electron chi connectivity index (χ1n) is 10.3. The summed E-state index contributed by atoms with van der Waals surface area (Å²) in [6.07, 6.45) is 6.30. The normalized spacial score (nSPS) is 18.8. The van der Waals surface area contributed by atoms with Crippen LogP contribution in [0.5, 0.6) is 6.01 Å². The molecule has 3 rings (SSSR count). The van der Waals surface area contributed by atoms with Gasteiger partial charge in [0.25, 0.3) is 0 Å². The number of hydrogen-bond acceptors (Lipinski definition) is 7. The van der Waals surface area contributed by atoms with Crippen LogP contribution in [0.3, 0.4) is 0 Å². The second kappa shape index (κ2) is 8.89. The smallest absolute Gasteiger partial charge is 0.318 e. The maximum Gasteiger partial charge on any atom is 0.318 e. The van der Waals surface area contributed by atoms with E-state index in [1.807, 2.05) is 0 Å². The number of aromatic nitrogens is 2. The summed E-state index contributed by atoms with van der Waals surface area (Å²) in [5.74, 6) is 0.396. The molecule has 3 N–H and O–H groups in total. The molecule has 1 aliphatic heterocycles. The zero-order valence-corrected chi connectivity index (χ0v) is 17.0. The number of ether oxygens (including phenoxy) is 1. The Kier molecular flexibility index (Phi) is 6.53. The van der Waals surface area contributed by atoms with E-state index in [1.54, 1.807) is 0 Å². The molecule has 28 heavy (non-hydrogen) atoms. The van der Waals surface area contributed by atoms with Crippen molar-refractivity contribution in [1.82, 2.24) is 14.9 Å². The highest BCUT2D eigenvalue weighted by Gasteiger charge is 2.32. The summed E-state index contributed by atoms with van der Waals surface area (Å²) in [7, 11) is 2.09. The molecule has 2 heterocycles. The zero-order chi connectivity index (χ0) is 20.1. The van der Waals surface area contributed by atoms with Crippen molar-refractivity contribution in [2.45, 2.75) is 63.9 Å². The number of fused-ring (bicyclic) bond motifs is 1. The van der Waals surface area contributed by atoms with Crippen molar-refractivity contribution in [2.75, 3.05) is 32.5 Å². The van der Waals surface area contributed by atoms with Gasteiger partial charge in [0, 0.05) is 30.6 Å². The molecule has 1 aliphatic carbocycles. The second-order valence-electron chi connectivity index (χ2n) is 8.05. The lowest BCUT2D eigenvalue weighted by Crippen LogP contribution is -2.42. The molecule has 1 aromatic heterocycles. The average molecular weight is 386 g/mol. The molecular weight excluding hydrogens is 354 g/mol. The Hall–Kier alpha value is -2.17. The number of nitrogens with zero attached hydrogens (tertiary/aromatic N) is 4. The van der Waals surface area contributed by atoms with Crippen LogP contribution in [0.2, 0.25) is 0 Å². The predicted octanol–water partition coefficient (Wildman–Crippen LogP) is 2.70. The Balaban J connectivity index is 1.70. The fourth-order valence-electron chi connectivity index (χ4n) is 3.96. The van der Waals surface area contributed by atoms with Gasteiger partial charge in [0.15, 0.2) is 0 Å². The van der Waals surface area contributed by atoms with E-state index in [2.05, 4.69) is 34.9 Å². The molecule has 0 spiro atoms. The SMILES string of the molecule is CCCCOc1nc(N)c2c(n1)C(CCCC1(O)CCN(C)CC1)=C(C#N)C2. The quantitative estimate of drug-likeness (QED) is 0.662. The fourth-order valence-corrected chi connectivity index (χ4v) is 3.96. The predicted molar refractivity (Wildman–Crippen MR) is 109 cm³/mol. The van der Waals surface area contributed by atoms with Gasteiger partial charge in [-0.15, -0.1) is 0 Å². The van der Waals surface area contributed by atoms with Crippen molar-refractivity contribution in [3.05, 3.63) is 16.8 Å². The van der Waals surface area contributed by atoms with Crippen LogP contribution in [-0.2, 0) is 6.42 Å². The first-order chi connectivity index (χ1) is 13.5. The molecule has 0 bridgehead atoms. The fraction of sp³-hybridized carbons (Fsp3) is 0.667. The Labute approximate surface area is 167 Å². The van der Waals surface area contributed by atoms with Crippen molar-refractivity contribution in [2.24, 2.45) is 0 Å². The van der Waals surface area contributed by atoms with Crippen molar-refractivity contribution in [3.63, 3.8) is 0 Å². The van der Waals surface area contributed by atoms with Gasteiger partial charge in [0.1, 0.15) is 5.82 Å². The number of aliphatic hydroxyl groups is 1. The molecule has 0 saturated carbocycles. The number of allylic oxidation sites excluding steroid dienone is 2. The molecule has 0 radical (unpaired) electrons. The number of unbranched alkanes of at least 4 members (excludes halogenated alkanes) is 1. The van der Waals surface area contributed by atoms with Crippen LogP contribution in [0.4, 0.5) is 5.82 Å². The van der Waals surface area contributed by atoms with Crippen LogP contribution in [0, 0.1) is 11.3 Å². The summed E-state index contributed by atoms with van der Waals surface area (Å²) in [5, 5.41) is 20.4. The minimum Gasteiger partial charge on any atom is -0.463 e. The van der Waals surface area contributed by atoms with Crippen LogP contribution in [0.25, 0.3) is 5.57 Å². The number of nitrogen functional groups attached to an aromatic ring is 1. The van der Waals surface area contributed by atoms with Gasteiger partial charge in [0.05, 0.1) is 24.0 Å². The first kappa shape index (κ1) is 20.6. The van der Waals surface area contributed by atoms with Crippen molar-refractivity contribution >= 4 is 11.4 Å². The van der Waals surface area contributed by atoms with Crippen LogP contribution in [0.1, 0.15) is 63.1 Å². The van der Waals surface area contributed by atoms with Gasteiger partial charge in [0.2, 0.25) is 0 Å². The van der Waals surface area contributed by atoms with Gasteiger partial charge in [-0.25, -0.2) is 0 Å². The summed E-state index contributed by atoms with van der Waals surface area (Å²) >= 11 is 0. The summed E-state index contributed by atoms with van der Waals surface area (Å²) in [6.45, 7) is 4.50. The molecule has 0 amide bonds. The lowest BCUT2D eigenvalue weighted by Gasteiger charge is -2.36. The van der Waals surface area contributed by atoms with E-state index in [0.29, 0.717) is 30.8 Å². The Morgan fingerprint density at radius 1 is 1.29 bits per heavy atom. The zero-order valence-electron chi connectivity index (χ0n) is 17.0. The summed E-state index contributed by atoms with van der Waals surface area (Å²) in [5.41, 5.74) is 8.75. The number of nitrogens with two attached hydrogens (primary N) is 1. The van der Waals surface area contributed by atoms with E-state index in [0.717, 1.165) is 68.4 Å². The van der Waals surface area contributed by atoms with Gasteiger partial charge in [-0.3, -0.25) is 0 Å². The highest BCUT2D eigenvalue weighted by atomic mass is 16.5. The molecular formula is C21H31N5O2. The number of anilines is 1. The third kappa shape index (κ3) is 4.62. The van der Waals surface area contributed by atoms with E-state index in [4.69, 9.17) is 10.5 Å². The van der Waals surface area contributed by atoms with E-state index in [-0.39, 0.29) is 6.01 Å². The van der Waals surface area contributed by atoms with E-state index in [9.17, 15) is 10.4 Å². The monoisotopic (exact) mass is 385 g/mol. The standard InChI is InChI=1S/C21H31N5O2/c1-3-4-12-28-20-24-18-16(15(14-22)13-17(18)19(23)25-20)6-5-7-21(27)8-10-26(2)11-9-21/h27H,3-13H2,1-2H3,(H2,23,24,25). The molecule has 1 saturated heterocycles. The van der Waals surface area contributed by atoms with Gasteiger partial charge >= 0.3 is 6.01 Å². The third-order valence-electron chi connectivity index (χ3n) is 5.87. The highest BCUT2D eigenvalue weighted by molar-refractivity contribution is 5.79. The van der Waals surface area contributed by atoms with Gasteiger partial charge < -0.3 is 20.5 Å². The highest BCUT2D eigenvalue weighted by Crippen LogP contribution is 2.38. The number of piperidine rings is 1. The Morgan fingerprint density at radius 3 is 2.71 bits per heavy atom. The minimum atomic E-state index is -0.597. The van der Waals surface area contributed by atoms with Crippen molar-refractivity contribution in [1.29, 1.82) is 5.26 Å². The molecule has 7 heteroatoms. The maximum absolute atomic E-state index is 10.8. The number of likely N-dealkylation sites (tertiary alicyclic amines) is 1. The molecule has 7 nitrogen and oxygen atoms in total. The number of hydrogen-bond donors (Lipinski definition) is 2. The number of nitriles is 1. The molecule has 1 aromatic rings. The first-order valence-corrected chi connectivity index (χ1v) is 10.3. The summed E-state index contributed by atoms with van der Waals surface area (Å²) < 4.78 is 5.64. The van der Waals surface area contributed by atoms with Crippen molar-refractivity contribution < 1.29 is 9.84 Å². The summed E-state index contributed by atoms with van der Waals surface area (Å²) in [4.78, 5) is 11.1. The van der Waals surface area contributed by atoms with Gasteiger partial charge in [-0.1, -0.05) is 13.3 Å². The Bertz CT molecular complexity index is 776. The van der Waals surface area contributed by atoms with Crippen LogP contribution < -0.4 is 10.5 Å². The number of rotatable bonds is 8. The van der Waals surface area contributed by atoms with Gasteiger partial charge in [-0.2, -0.15) is 15.2 Å².